The highest BCUT2D eigenvalue weighted by molar-refractivity contribution is 9.10. The summed E-state index contributed by atoms with van der Waals surface area (Å²) in [7, 11) is 0. The molecule has 0 aliphatic rings. The van der Waals surface area contributed by atoms with E-state index >= 15 is 0 Å². The summed E-state index contributed by atoms with van der Waals surface area (Å²) >= 11 is 3.25. The van der Waals surface area contributed by atoms with E-state index in [1.165, 1.54) is 0 Å². The van der Waals surface area contributed by atoms with Crippen LogP contribution in [-0.2, 0) is 4.79 Å². The minimum Gasteiger partial charge on any atom is -0.398 e. The number of primary amides is 1. The van der Waals surface area contributed by atoms with Gasteiger partial charge in [-0.15, -0.1) is 0 Å². The van der Waals surface area contributed by atoms with Crippen molar-refractivity contribution in [2.75, 3.05) is 12.3 Å². The molecule has 98 valence electrons. The molecule has 1 aromatic rings. The molecule has 0 aliphatic heterocycles. The first-order chi connectivity index (χ1) is 8.25. The molecule has 6 heteroatoms. The summed E-state index contributed by atoms with van der Waals surface area (Å²) in [6.45, 7) is 3.51. The summed E-state index contributed by atoms with van der Waals surface area (Å²) in [5.41, 5.74) is 11.0. The van der Waals surface area contributed by atoms with Crippen LogP contribution in [0.2, 0.25) is 0 Å². The second-order valence-corrected chi connectivity index (χ2v) is 5.43. The molecule has 0 saturated heterocycles. The normalized spacial score (nSPS) is 11.1. The van der Waals surface area contributed by atoms with Crippen LogP contribution in [0.15, 0.2) is 22.7 Å². The van der Waals surface area contributed by atoms with E-state index in [2.05, 4.69) is 21.2 Å². The third-order valence-corrected chi connectivity index (χ3v) is 3.52. The Kier molecular flexibility index (Phi) is 4.34. The van der Waals surface area contributed by atoms with Crippen molar-refractivity contribution < 1.29 is 9.59 Å². The number of rotatable bonds is 4. The van der Waals surface area contributed by atoms with Crippen LogP contribution < -0.4 is 16.8 Å². The standard InChI is InChI=1S/C12H16BrN3O2/c1-12(2,11(15)18)6-16-10(17)7-4-3-5-8(14)9(7)13/h3-5H,6,14H2,1-2H3,(H2,15,18)(H,16,17). The molecule has 0 spiro atoms. The number of hydrogen-bond donors (Lipinski definition) is 3. The lowest BCUT2D eigenvalue weighted by Gasteiger charge is -2.21. The van der Waals surface area contributed by atoms with Gasteiger partial charge in [0.15, 0.2) is 0 Å². The summed E-state index contributed by atoms with van der Waals surface area (Å²) in [4.78, 5) is 23.1. The Morgan fingerprint density at radius 1 is 1.39 bits per heavy atom. The number of anilines is 1. The zero-order valence-corrected chi connectivity index (χ0v) is 11.9. The minimum atomic E-state index is -0.789. The summed E-state index contributed by atoms with van der Waals surface area (Å²) in [5, 5.41) is 2.66. The number of halogens is 1. The molecule has 0 bridgehead atoms. The monoisotopic (exact) mass is 313 g/mol. The van der Waals surface area contributed by atoms with Gasteiger partial charge in [0.25, 0.3) is 5.91 Å². The molecule has 5 N–H and O–H groups in total. The van der Waals surface area contributed by atoms with Crippen LogP contribution in [0.3, 0.4) is 0 Å². The molecule has 0 radical (unpaired) electrons. The second kappa shape index (κ2) is 5.39. The van der Waals surface area contributed by atoms with Gasteiger partial charge in [-0.3, -0.25) is 9.59 Å². The van der Waals surface area contributed by atoms with E-state index in [0.717, 1.165) is 0 Å². The fourth-order valence-corrected chi connectivity index (χ4v) is 1.65. The van der Waals surface area contributed by atoms with Crippen molar-refractivity contribution in [1.82, 2.24) is 5.32 Å². The quantitative estimate of drug-likeness (QED) is 0.730. The zero-order chi connectivity index (χ0) is 13.9. The van der Waals surface area contributed by atoms with Crippen LogP contribution in [-0.4, -0.2) is 18.4 Å². The summed E-state index contributed by atoms with van der Waals surface area (Å²) in [6.07, 6.45) is 0. The topological polar surface area (TPSA) is 98.2 Å². The van der Waals surface area contributed by atoms with E-state index in [0.29, 0.717) is 15.7 Å². The molecule has 18 heavy (non-hydrogen) atoms. The first kappa shape index (κ1) is 14.5. The van der Waals surface area contributed by atoms with Crippen molar-refractivity contribution in [2.24, 2.45) is 11.1 Å². The van der Waals surface area contributed by atoms with E-state index in [4.69, 9.17) is 11.5 Å². The number of carbonyl (C=O) groups excluding carboxylic acids is 2. The number of nitrogens with two attached hydrogens (primary N) is 2. The maximum absolute atomic E-state index is 11.9. The Hall–Kier alpha value is -1.56. The van der Waals surface area contributed by atoms with E-state index in [1.54, 1.807) is 32.0 Å². The maximum atomic E-state index is 11.9. The van der Waals surface area contributed by atoms with E-state index in [9.17, 15) is 9.59 Å². The van der Waals surface area contributed by atoms with Crippen molar-refractivity contribution >= 4 is 33.4 Å². The van der Waals surface area contributed by atoms with Crippen LogP contribution in [0.25, 0.3) is 0 Å². The molecule has 1 rings (SSSR count). The van der Waals surface area contributed by atoms with Gasteiger partial charge >= 0.3 is 0 Å². The highest BCUT2D eigenvalue weighted by Gasteiger charge is 2.26. The van der Waals surface area contributed by atoms with Crippen molar-refractivity contribution in [2.45, 2.75) is 13.8 Å². The Morgan fingerprint density at radius 3 is 2.56 bits per heavy atom. The molecular weight excluding hydrogens is 298 g/mol. The molecule has 0 saturated carbocycles. The van der Waals surface area contributed by atoms with Gasteiger partial charge < -0.3 is 16.8 Å². The Balaban J connectivity index is 2.78. The number of carbonyl (C=O) groups is 2. The van der Waals surface area contributed by atoms with Gasteiger partial charge in [0.05, 0.1) is 15.5 Å². The van der Waals surface area contributed by atoms with Gasteiger partial charge in [-0.05, 0) is 41.9 Å². The lowest BCUT2D eigenvalue weighted by Crippen LogP contribution is -2.42. The third kappa shape index (κ3) is 3.22. The summed E-state index contributed by atoms with van der Waals surface area (Å²) in [5.74, 6) is -0.766. The molecule has 1 aromatic carbocycles. The van der Waals surface area contributed by atoms with E-state index < -0.39 is 11.3 Å². The molecule has 0 aromatic heterocycles. The van der Waals surface area contributed by atoms with Gasteiger partial charge in [-0.2, -0.15) is 0 Å². The van der Waals surface area contributed by atoms with Crippen LogP contribution in [0.1, 0.15) is 24.2 Å². The SMILES string of the molecule is CC(C)(CNC(=O)c1cccc(N)c1Br)C(N)=O. The van der Waals surface area contributed by atoms with Gasteiger partial charge in [0.1, 0.15) is 0 Å². The predicted octanol–water partition coefficient (Wildman–Crippen LogP) is 1.27. The number of hydrogen-bond acceptors (Lipinski definition) is 3. The second-order valence-electron chi connectivity index (χ2n) is 4.64. The average molecular weight is 314 g/mol. The molecule has 2 amide bonds. The van der Waals surface area contributed by atoms with E-state index in [1.807, 2.05) is 0 Å². The fourth-order valence-electron chi connectivity index (χ4n) is 1.21. The van der Waals surface area contributed by atoms with Gasteiger partial charge in [-0.1, -0.05) is 6.07 Å². The average Bonchev–Trinajstić information content (AvgIpc) is 2.29. The first-order valence-corrected chi connectivity index (χ1v) is 6.17. The highest BCUT2D eigenvalue weighted by Crippen LogP contribution is 2.23. The molecule has 0 atom stereocenters. The Bertz CT molecular complexity index is 486. The van der Waals surface area contributed by atoms with Crippen molar-refractivity contribution in [1.29, 1.82) is 0 Å². The minimum absolute atomic E-state index is 0.169. The maximum Gasteiger partial charge on any atom is 0.252 e. The number of amides is 2. The molecular formula is C12H16BrN3O2. The zero-order valence-electron chi connectivity index (χ0n) is 10.3. The van der Waals surface area contributed by atoms with Crippen LogP contribution in [0, 0.1) is 5.41 Å². The predicted molar refractivity (Wildman–Crippen MR) is 73.9 cm³/mol. The third-order valence-electron chi connectivity index (χ3n) is 2.63. The van der Waals surface area contributed by atoms with Crippen LogP contribution >= 0.6 is 15.9 Å². The largest absolute Gasteiger partial charge is 0.398 e. The first-order valence-electron chi connectivity index (χ1n) is 5.38. The van der Waals surface area contributed by atoms with Crippen molar-refractivity contribution in [3.05, 3.63) is 28.2 Å². The molecule has 0 aliphatic carbocycles. The molecule has 0 heterocycles. The van der Waals surface area contributed by atoms with Gasteiger partial charge in [-0.25, -0.2) is 0 Å². The Labute approximate surface area is 114 Å². The molecule has 0 fully saturated rings. The van der Waals surface area contributed by atoms with E-state index in [-0.39, 0.29) is 12.5 Å². The van der Waals surface area contributed by atoms with Crippen molar-refractivity contribution in [3.8, 4) is 0 Å². The van der Waals surface area contributed by atoms with Crippen LogP contribution in [0.4, 0.5) is 5.69 Å². The number of nitrogens with one attached hydrogen (secondary N) is 1. The van der Waals surface area contributed by atoms with Crippen LogP contribution in [0.5, 0.6) is 0 Å². The molecule has 0 unspecified atom stereocenters. The Morgan fingerprint density at radius 2 is 2.00 bits per heavy atom. The number of benzene rings is 1. The van der Waals surface area contributed by atoms with Gasteiger partial charge in [0.2, 0.25) is 5.91 Å². The smallest absolute Gasteiger partial charge is 0.252 e. The molecule has 5 nitrogen and oxygen atoms in total. The number of nitrogen functional groups attached to an aromatic ring is 1. The summed E-state index contributed by atoms with van der Waals surface area (Å²) < 4.78 is 0.541. The highest BCUT2D eigenvalue weighted by atomic mass is 79.9. The fraction of sp³-hybridized carbons (Fsp3) is 0.333. The van der Waals surface area contributed by atoms with Crippen molar-refractivity contribution in [3.63, 3.8) is 0 Å². The van der Waals surface area contributed by atoms with Gasteiger partial charge in [0, 0.05) is 12.2 Å². The lowest BCUT2D eigenvalue weighted by molar-refractivity contribution is -0.125. The lowest BCUT2D eigenvalue weighted by atomic mass is 9.92. The summed E-state index contributed by atoms with van der Waals surface area (Å²) in [6, 6.07) is 5.02.